The fourth-order valence-corrected chi connectivity index (χ4v) is 1.45. The lowest BCUT2D eigenvalue weighted by atomic mass is 10.1. The van der Waals surface area contributed by atoms with E-state index in [9.17, 15) is 4.79 Å². The molecule has 1 aromatic rings. The van der Waals surface area contributed by atoms with Crippen LogP contribution in [-0.4, -0.2) is 22.3 Å². The molecule has 0 aliphatic rings. The second-order valence-electron chi connectivity index (χ2n) is 3.84. The first-order chi connectivity index (χ1) is 7.63. The molecule has 1 heterocycles. The molecule has 0 aliphatic carbocycles. The lowest BCUT2D eigenvalue weighted by molar-refractivity contribution is -0.139. The summed E-state index contributed by atoms with van der Waals surface area (Å²) in [6.07, 6.45) is 2.54. The fourth-order valence-electron chi connectivity index (χ4n) is 1.45. The van der Waals surface area contributed by atoms with Crippen LogP contribution in [0.4, 0.5) is 0 Å². The summed E-state index contributed by atoms with van der Waals surface area (Å²) in [5, 5.41) is 15.7. The number of nitrogens with zero attached hydrogens (tertiary/aromatic N) is 1. The van der Waals surface area contributed by atoms with Gasteiger partial charge in [-0.15, -0.1) is 0 Å². The predicted octanol–water partition coefficient (Wildman–Crippen LogP) is 1.72. The van der Waals surface area contributed by atoms with Gasteiger partial charge in [0.1, 0.15) is 11.8 Å². The summed E-state index contributed by atoms with van der Waals surface area (Å²) in [7, 11) is 0. The topological polar surface area (TPSA) is 75.4 Å². The summed E-state index contributed by atoms with van der Waals surface area (Å²) in [5.74, 6) is -0.0779. The largest absolute Gasteiger partial charge is 0.480 e. The standard InChI is InChI=1S/C11H18N2O3/c1-3-4-5-10(11(14)15)12-7-9-6-8(2)16-13-9/h6,10,12H,3-5,7H2,1-2H3,(H,14,15). The van der Waals surface area contributed by atoms with E-state index in [2.05, 4.69) is 10.5 Å². The van der Waals surface area contributed by atoms with E-state index >= 15 is 0 Å². The molecule has 16 heavy (non-hydrogen) atoms. The zero-order valence-electron chi connectivity index (χ0n) is 9.69. The Morgan fingerprint density at radius 3 is 2.94 bits per heavy atom. The van der Waals surface area contributed by atoms with Crippen LogP contribution in [0, 0.1) is 6.92 Å². The maximum atomic E-state index is 10.9. The highest BCUT2D eigenvalue weighted by atomic mass is 16.5. The van der Waals surface area contributed by atoms with Crippen LogP contribution in [-0.2, 0) is 11.3 Å². The molecule has 0 saturated carbocycles. The molecule has 0 bridgehead atoms. The van der Waals surface area contributed by atoms with Gasteiger partial charge in [0.25, 0.3) is 0 Å². The highest BCUT2D eigenvalue weighted by molar-refractivity contribution is 5.73. The number of aromatic nitrogens is 1. The molecular weight excluding hydrogens is 208 g/mol. The Labute approximate surface area is 94.8 Å². The molecule has 1 unspecified atom stereocenters. The monoisotopic (exact) mass is 226 g/mol. The number of carbonyl (C=O) groups is 1. The van der Waals surface area contributed by atoms with Crippen LogP contribution in [0.25, 0.3) is 0 Å². The smallest absolute Gasteiger partial charge is 0.320 e. The Hall–Kier alpha value is -1.36. The summed E-state index contributed by atoms with van der Waals surface area (Å²) in [6, 6.07) is 1.29. The van der Waals surface area contributed by atoms with E-state index in [1.165, 1.54) is 0 Å². The molecule has 0 fully saturated rings. The minimum Gasteiger partial charge on any atom is -0.480 e. The van der Waals surface area contributed by atoms with Gasteiger partial charge in [0.15, 0.2) is 0 Å². The number of hydrogen-bond acceptors (Lipinski definition) is 4. The van der Waals surface area contributed by atoms with Crippen LogP contribution in [0.5, 0.6) is 0 Å². The maximum absolute atomic E-state index is 10.9. The third-order valence-electron chi connectivity index (χ3n) is 2.35. The van der Waals surface area contributed by atoms with Gasteiger partial charge in [-0.25, -0.2) is 0 Å². The predicted molar refractivity (Wildman–Crippen MR) is 59.0 cm³/mol. The van der Waals surface area contributed by atoms with Gasteiger partial charge in [0.05, 0.1) is 5.69 Å². The van der Waals surface area contributed by atoms with Crippen molar-refractivity contribution >= 4 is 5.97 Å². The van der Waals surface area contributed by atoms with Gasteiger partial charge < -0.3 is 9.63 Å². The number of nitrogens with one attached hydrogen (secondary N) is 1. The van der Waals surface area contributed by atoms with Gasteiger partial charge in [0, 0.05) is 12.6 Å². The number of hydrogen-bond donors (Lipinski definition) is 2. The van der Waals surface area contributed by atoms with Gasteiger partial charge in [-0.2, -0.15) is 0 Å². The molecule has 0 spiro atoms. The van der Waals surface area contributed by atoms with E-state index in [-0.39, 0.29) is 0 Å². The lowest BCUT2D eigenvalue weighted by Crippen LogP contribution is -2.36. The van der Waals surface area contributed by atoms with Crippen LogP contribution >= 0.6 is 0 Å². The third kappa shape index (κ3) is 4.02. The SMILES string of the molecule is CCCCC(NCc1cc(C)on1)C(=O)O. The van der Waals surface area contributed by atoms with Crippen LogP contribution in [0.1, 0.15) is 37.6 Å². The normalized spacial score (nSPS) is 12.6. The summed E-state index contributed by atoms with van der Waals surface area (Å²) in [6.45, 7) is 4.28. The molecule has 1 aromatic heterocycles. The van der Waals surface area contributed by atoms with Crippen molar-refractivity contribution in [1.82, 2.24) is 10.5 Å². The van der Waals surface area contributed by atoms with Crippen molar-refractivity contribution in [2.24, 2.45) is 0 Å². The summed E-state index contributed by atoms with van der Waals surface area (Å²) in [4.78, 5) is 10.9. The summed E-state index contributed by atoms with van der Waals surface area (Å²) in [5.41, 5.74) is 0.736. The van der Waals surface area contributed by atoms with Gasteiger partial charge in [-0.3, -0.25) is 10.1 Å². The fraction of sp³-hybridized carbons (Fsp3) is 0.636. The van der Waals surface area contributed by atoms with Gasteiger partial charge >= 0.3 is 5.97 Å². The number of unbranched alkanes of at least 4 members (excludes halogenated alkanes) is 1. The average molecular weight is 226 g/mol. The summed E-state index contributed by atoms with van der Waals surface area (Å²) >= 11 is 0. The second kappa shape index (κ2) is 6.27. The van der Waals surface area contributed by atoms with Gasteiger partial charge in [-0.1, -0.05) is 24.9 Å². The summed E-state index contributed by atoms with van der Waals surface area (Å²) < 4.78 is 4.90. The molecule has 0 radical (unpaired) electrons. The molecule has 1 rings (SSSR count). The van der Waals surface area contributed by atoms with Gasteiger partial charge in [0.2, 0.25) is 0 Å². The van der Waals surface area contributed by atoms with Crippen molar-refractivity contribution in [3.8, 4) is 0 Å². The minimum absolute atomic E-state index is 0.429. The van der Waals surface area contributed by atoms with E-state index in [1.54, 1.807) is 6.07 Å². The highest BCUT2D eigenvalue weighted by Gasteiger charge is 2.16. The van der Waals surface area contributed by atoms with Crippen molar-refractivity contribution in [1.29, 1.82) is 0 Å². The lowest BCUT2D eigenvalue weighted by Gasteiger charge is -2.12. The minimum atomic E-state index is -0.811. The third-order valence-corrected chi connectivity index (χ3v) is 2.35. The van der Waals surface area contributed by atoms with E-state index in [1.807, 2.05) is 13.8 Å². The van der Waals surface area contributed by atoms with Crippen molar-refractivity contribution in [2.45, 2.75) is 45.7 Å². The van der Waals surface area contributed by atoms with Crippen molar-refractivity contribution in [3.63, 3.8) is 0 Å². The number of carboxylic acids is 1. The number of carboxylic acid groups (broad SMARTS) is 1. The first-order valence-corrected chi connectivity index (χ1v) is 5.52. The van der Waals surface area contributed by atoms with E-state index < -0.39 is 12.0 Å². The molecule has 0 aromatic carbocycles. The zero-order valence-corrected chi connectivity index (χ0v) is 9.69. The second-order valence-corrected chi connectivity index (χ2v) is 3.84. The Kier molecular flexibility index (Phi) is 4.98. The first-order valence-electron chi connectivity index (χ1n) is 5.52. The molecule has 5 nitrogen and oxygen atoms in total. The molecule has 5 heteroatoms. The van der Waals surface area contributed by atoms with E-state index in [4.69, 9.17) is 9.63 Å². The Morgan fingerprint density at radius 1 is 1.69 bits per heavy atom. The Balaban J connectivity index is 2.40. The molecule has 0 aliphatic heterocycles. The highest BCUT2D eigenvalue weighted by Crippen LogP contribution is 2.04. The van der Waals surface area contributed by atoms with E-state index in [0.717, 1.165) is 24.3 Å². The quantitative estimate of drug-likeness (QED) is 0.740. The molecule has 90 valence electrons. The van der Waals surface area contributed by atoms with E-state index in [0.29, 0.717) is 13.0 Å². The molecule has 0 amide bonds. The van der Waals surface area contributed by atoms with Crippen LogP contribution in [0.15, 0.2) is 10.6 Å². The Morgan fingerprint density at radius 2 is 2.44 bits per heavy atom. The Bertz CT molecular complexity index is 336. The molecule has 1 atom stereocenters. The number of aryl methyl sites for hydroxylation is 1. The number of rotatable bonds is 7. The maximum Gasteiger partial charge on any atom is 0.320 e. The van der Waals surface area contributed by atoms with Crippen molar-refractivity contribution in [3.05, 3.63) is 17.5 Å². The van der Waals surface area contributed by atoms with Crippen molar-refractivity contribution < 1.29 is 14.4 Å². The zero-order chi connectivity index (χ0) is 12.0. The van der Waals surface area contributed by atoms with Crippen LogP contribution in [0.2, 0.25) is 0 Å². The average Bonchev–Trinajstić information content (AvgIpc) is 2.64. The molecule has 0 saturated heterocycles. The number of aliphatic carboxylic acids is 1. The first kappa shape index (κ1) is 12.7. The van der Waals surface area contributed by atoms with Gasteiger partial charge in [-0.05, 0) is 13.3 Å². The van der Waals surface area contributed by atoms with Crippen molar-refractivity contribution in [2.75, 3.05) is 0 Å². The van der Waals surface area contributed by atoms with Crippen LogP contribution < -0.4 is 5.32 Å². The van der Waals surface area contributed by atoms with Crippen LogP contribution in [0.3, 0.4) is 0 Å². The molecular formula is C11H18N2O3. The molecule has 2 N–H and O–H groups in total.